The number of aliphatic hydroxyl groups is 1. The van der Waals surface area contributed by atoms with Crippen LogP contribution in [0.15, 0.2) is 12.4 Å². The Morgan fingerprint density at radius 1 is 1.16 bits per heavy atom. The van der Waals surface area contributed by atoms with Crippen LogP contribution in [0.3, 0.4) is 0 Å². The third-order valence-corrected chi connectivity index (χ3v) is 3.87. The monoisotopic (exact) mass is 264 g/mol. The molecule has 1 heterocycles. The van der Waals surface area contributed by atoms with Gasteiger partial charge in [-0.05, 0) is 31.6 Å². The summed E-state index contributed by atoms with van der Waals surface area (Å²) in [6.45, 7) is 4.08. The fourth-order valence-electron chi connectivity index (χ4n) is 2.76. The van der Waals surface area contributed by atoms with Crippen molar-refractivity contribution in [3.63, 3.8) is 0 Å². The molecule has 1 fully saturated rings. The molecule has 3 N–H and O–H groups in total. The van der Waals surface area contributed by atoms with E-state index in [1.807, 2.05) is 13.0 Å². The number of nitrogens with zero attached hydrogens (tertiary/aromatic N) is 2. The van der Waals surface area contributed by atoms with Crippen molar-refractivity contribution in [3.05, 3.63) is 12.4 Å². The minimum absolute atomic E-state index is 0.304. The van der Waals surface area contributed by atoms with Gasteiger partial charge < -0.3 is 15.7 Å². The molecule has 0 radical (unpaired) electrons. The molecule has 0 saturated heterocycles. The molecule has 0 amide bonds. The zero-order valence-corrected chi connectivity index (χ0v) is 11.6. The molecule has 5 heteroatoms. The fraction of sp³-hybridized carbons (Fsp3) is 0.714. The van der Waals surface area contributed by atoms with E-state index >= 15 is 0 Å². The van der Waals surface area contributed by atoms with Crippen molar-refractivity contribution < 1.29 is 5.11 Å². The standard InChI is InChI=1S/C14H24N4O/c1-2-15-13-7-14(18-10-17-13)16-8-11-5-3-4-6-12(11)9-19/h7,10-12,19H,2-6,8-9H2,1H3,(H2,15,16,17,18). The van der Waals surface area contributed by atoms with Crippen LogP contribution in [-0.4, -0.2) is 34.8 Å². The smallest absolute Gasteiger partial charge is 0.131 e. The summed E-state index contributed by atoms with van der Waals surface area (Å²) in [7, 11) is 0. The lowest BCUT2D eigenvalue weighted by Crippen LogP contribution is -2.28. The second-order valence-corrected chi connectivity index (χ2v) is 5.19. The zero-order valence-electron chi connectivity index (χ0n) is 11.6. The lowest BCUT2D eigenvalue weighted by molar-refractivity contribution is 0.141. The Labute approximate surface area is 114 Å². The number of nitrogens with one attached hydrogen (secondary N) is 2. The third-order valence-electron chi connectivity index (χ3n) is 3.87. The zero-order chi connectivity index (χ0) is 13.5. The summed E-state index contributed by atoms with van der Waals surface area (Å²) in [5.41, 5.74) is 0. The molecular weight excluding hydrogens is 240 g/mol. The van der Waals surface area contributed by atoms with Gasteiger partial charge >= 0.3 is 0 Å². The SMILES string of the molecule is CCNc1cc(NCC2CCCCC2CO)ncn1. The van der Waals surface area contributed by atoms with Crippen molar-refractivity contribution in [2.24, 2.45) is 11.8 Å². The van der Waals surface area contributed by atoms with Crippen LogP contribution in [0.2, 0.25) is 0 Å². The normalized spacial score (nSPS) is 23.1. The average molecular weight is 264 g/mol. The second kappa shape index (κ2) is 7.28. The number of anilines is 2. The molecule has 19 heavy (non-hydrogen) atoms. The molecule has 1 aliphatic rings. The first-order valence-electron chi connectivity index (χ1n) is 7.24. The molecular formula is C14H24N4O. The third kappa shape index (κ3) is 4.06. The Hall–Kier alpha value is -1.36. The molecule has 0 spiro atoms. The molecule has 1 aromatic heterocycles. The summed E-state index contributed by atoms with van der Waals surface area (Å²) >= 11 is 0. The molecule has 1 aromatic rings. The minimum atomic E-state index is 0.304. The van der Waals surface area contributed by atoms with E-state index in [1.54, 1.807) is 6.33 Å². The molecule has 0 aromatic carbocycles. The van der Waals surface area contributed by atoms with Gasteiger partial charge in [-0.2, -0.15) is 0 Å². The van der Waals surface area contributed by atoms with E-state index in [4.69, 9.17) is 0 Å². The van der Waals surface area contributed by atoms with Crippen LogP contribution in [-0.2, 0) is 0 Å². The van der Waals surface area contributed by atoms with Crippen molar-refractivity contribution in [2.75, 3.05) is 30.3 Å². The van der Waals surface area contributed by atoms with Gasteiger partial charge in [0.25, 0.3) is 0 Å². The van der Waals surface area contributed by atoms with Crippen LogP contribution in [0.25, 0.3) is 0 Å². The predicted molar refractivity (Wildman–Crippen MR) is 77.2 cm³/mol. The summed E-state index contributed by atoms with van der Waals surface area (Å²) in [6, 6.07) is 1.93. The van der Waals surface area contributed by atoms with Gasteiger partial charge in [-0.1, -0.05) is 12.8 Å². The molecule has 2 unspecified atom stereocenters. The summed E-state index contributed by atoms with van der Waals surface area (Å²) in [4.78, 5) is 8.38. The Morgan fingerprint density at radius 2 is 1.84 bits per heavy atom. The van der Waals surface area contributed by atoms with Crippen molar-refractivity contribution in [1.29, 1.82) is 0 Å². The Balaban J connectivity index is 1.88. The van der Waals surface area contributed by atoms with Crippen molar-refractivity contribution in [3.8, 4) is 0 Å². The van der Waals surface area contributed by atoms with Crippen molar-refractivity contribution in [1.82, 2.24) is 9.97 Å². The number of hydrogen-bond acceptors (Lipinski definition) is 5. The van der Waals surface area contributed by atoms with Gasteiger partial charge in [-0.3, -0.25) is 0 Å². The molecule has 2 atom stereocenters. The molecule has 5 nitrogen and oxygen atoms in total. The highest BCUT2D eigenvalue weighted by Crippen LogP contribution is 2.29. The predicted octanol–water partition coefficient (Wildman–Crippen LogP) is 2.12. The van der Waals surface area contributed by atoms with Gasteiger partial charge in [-0.25, -0.2) is 9.97 Å². The van der Waals surface area contributed by atoms with E-state index < -0.39 is 0 Å². The molecule has 1 saturated carbocycles. The summed E-state index contributed by atoms with van der Waals surface area (Å²) in [5.74, 6) is 2.70. The topological polar surface area (TPSA) is 70.1 Å². The van der Waals surface area contributed by atoms with E-state index in [0.717, 1.165) is 31.1 Å². The van der Waals surface area contributed by atoms with Crippen LogP contribution in [0, 0.1) is 11.8 Å². The lowest BCUT2D eigenvalue weighted by atomic mass is 9.79. The first-order chi connectivity index (χ1) is 9.33. The van der Waals surface area contributed by atoms with E-state index in [2.05, 4.69) is 20.6 Å². The van der Waals surface area contributed by atoms with Gasteiger partial charge in [0.1, 0.15) is 18.0 Å². The Bertz CT molecular complexity index is 385. The second-order valence-electron chi connectivity index (χ2n) is 5.19. The maximum absolute atomic E-state index is 9.41. The first-order valence-corrected chi connectivity index (χ1v) is 7.24. The van der Waals surface area contributed by atoms with E-state index in [-0.39, 0.29) is 0 Å². The highest BCUT2D eigenvalue weighted by atomic mass is 16.3. The van der Waals surface area contributed by atoms with Crippen LogP contribution >= 0.6 is 0 Å². The van der Waals surface area contributed by atoms with Gasteiger partial charge in [0.2, 0.25) is 0 Å². The highest BCUT2D eigenvalue weighted by molar-refractivity contribution is 5.46. The molecule has 106 valence electrons. The van der Waals surface area contributed by atoms with Gasteiger partial charge in [0, 0.05) is 25.8 Å². The van der Waals surface area contributed by atoms with E-state index in [9.17, 15) is 5.11 Å². The maximum Gasteiger partial charge on any atom is 0.131 e. The Morgan fingerprint density at radius 3 is 2.53 bits per heavy atom. The van der Waals surface area contributed by atoms with Crippen LogP contribution in [0.5, 0.6) is 0 Å². The van der Waals surface area contributed by atoms with Crippen LogP contribution in [0.1, 0.15) is 32.6 Å². The molecule has 0 bridgehead atoms. The number of rotatable bonds is 6. The summed E-state index contributed by atoms with van der Waals surface area (Å²) < 4.78 is 0. The Kier molecular flexibility index (Phi) is 5.39. The summed E-state index contributed by atoms with van der Waals surface area (Å²) in [6.07, 6.45) is 6.44. The largest absolute Gasteiger partial charge is 0.396 e. The van der Waals surface area contributed by atoms with Gasteiger partial charge in [0.05, 0.1) is 0 Å². The van der Waals surface area contributed by atoms with Crippen molar-refractivity contribution in [2.45, 2.75) is 32.6 Å². The van der Waals surface area contributed by atoms with E-state index in [1.165, 1.54) is 19.3 Å². The first kappa shape index (κ1) is 14.1. The van der Waals surface area contributed by atoms with Gasteiger partial charge in [-0.15, -0.1) is 0 Å². The van der Waals surface area contributed by atoms with Crippen LogP contribution in [0.4, 0.5) is 11.6 Å². The lowest BCUT2D eigenvalue weighted by Gasteiger charge is -2.30. The van der Waals surface area contributed by atoms with Gasteiger partial charge in [0.15, 0.2) is 0 Å². The fourth-order valence-corrected chi connectivity index (χ4v) is 2.76. The number of aliphatic hydroxyl groups excluding tert-OH is 1. The molecule has 1 aliphatic carbocycles. The highest BCUT2D eigenvalue weighted by Gasteiger charge is 2.24. The van der Waals surface area contributed by atoms with E-state index in [0.29, 0.717) is 18.4 Å². The van der Waals surface area contributed by atoms with Crippen LogP contribution < -0.4 is 10.6 Å². The maximum atomic E-state index is 9.41. The minimum Gasteiger partial charge on any atom is -0.396 e. The number of aromatic nitrogens is 2. The molecule has 2 rings (SSSR count). The average Bonchev–Trinajstić information content (AvgIpc) is 2.46. The molecule has 0 aliphatic heterocycles. The van der Waals surface area contributed by atoms with Crippen molar-refractivity contribution >= 4 is 11.6 Å². The quantitative estimate of drug-likeness (QED) is 0.734. The summed E-state index contributed by atoms with van der Waals surface area (Å²) in [5, 5.41) is 16.0. The number of hydrogen-bond donors (Lipinski definition) is 3.